The summed E-state index contributed by atoms with van der Waals surface area (Å²) in [4.78, 5) is 18.5. The van der Waals surface area contributed by atoms with Gasteiger partial charge in [0.2, 0.25) is 0 Å². The number of carbonyl (C=O) groups excluding carboxylic acids is 1. The van der Waals surface area contributed by atoms with E-state index >= 15 is 0 Å². The second-order valence-electron chi connectivity index (χ2n) is 4.87. The van der Waals surface area contributed by atoms with E-state index in [-0.39, 0.29) is 11.7 Å². The minimum Gasteiger partial charge on any atom is -0.286 e. The predicted molar refractivity (Wildman–Crippen MR) is 87.5 cm³/mol. The maximum absolute atomic E-state index is 13.7. The van der Waals surface area contributed by atoms with Crippen LogP contribution in [-0.2, 0) is 5.75 Å². The molecule has 0 bridgehead atoms. The van der Waals surface area contributed by atoms with Crippen molar-refractivity contribution in [3.05, 3.63) is 71.5 Å². The normalized spacial score (nSPS) is 14.0. The topological polar surface area (TPSA) is 32.7 Å². The lowest BCUT2D eigenvalue weighted by Crippen LogP contribution is -2.32. The van der Waals surface area contributed by atoms with Crippen molar-refractivity contribution in [3.8, 4) is 0 Å². The zero-order chi connectivity index (χ0) is 15.4. The molecule has 1 amide bonds. The second-order valence-corrected chi connectivity index (χ2v) is 5.81. The molecule has 0 N–H and O–H groups in total. The van der Waals surface area contributed by atoms with Gasteiger partial charge in [0.05, 0.1) is 6.54 Å². The summed E-state index contributed by atoms with van der Waals surface area (Å²) in [6.07, 6.45) is 0. The lowest BCUT2D eigenvalue weighted by Gasteiger charge is -2.18. The van der Waals surface area contributed by atoms with Gasteiger partial charge in [0.1, 0.15) is 5.82 Å². The molecule has 2 aromatic rings. The number of rotatable bonds is 3. The molecular formula is C17H15FN2OS. The fourth-order valence-electron chi connectivity index (χ4n) is 2.23. The highest BCUT2D eigenvalue weighted by atomic mass is 32.2. The number of hydrogen-bond acceptors (Lipinski definition) is 3. The second kappa shape index (κ2) is 6.75. The molecule has 1 aliphatic rings. The molecule has 0 radical (unpaired) electrons. The molecule has 22 heavy (non-hydrogen) atoms. The molecule has 5 heteroatoms. The number of amides is 1. The third-order valence-corrected chi connectivity index (χ3v) is 4.45. The quantitative estimate of drug-likeness (QED) is 0.867. The molecule has 3 nitrogen and oxygen atoms in total. The first-order valence-corrected chi connectivity index (χ1v) is 8.02. The zero-order valence-corrected chi connectivity index (χ0v) is 12.7. The average Bonchev–Trinajstić information content (AvgIpc) is 3.03. The highest BCUT2D eigenvalue weighted by molar-refractivity contribution is 8.13. The number of halogens is 1. The summed E-state index contributed by atoms with van der Waals surface area (Å²) in [6, 6.07) is 15.8. The Hall–Kier alpha value is -2.14. The Kier molecular flexibility index (Phi) is 4.53. The maximum Gasteiger partial charge on any atom is 0.259 e. The Balaban J connectivity index is 1.69. The van der Waals surface area contributed by atoms with Crippen LogP contribution < -0.4 is 0 Å². The molecule has 0 fully saturated rings. The van der Waals surface area contributed by atoms with E-state index in [1.165, 1.54) is 17.8 Å². The smallest absolute Gasteiger partial charge is 0.259 e. The lowest BCUT2D eigenvalue weighted by molar-refractivity contribution is 0.0860. The number of aliphatic imine (C=N–C) groups is 1. The van der Waals surface area contributed by atoms with E-state index in [1.807, 2.05) is 24.3 Å². The number of nitrogens with zero attached hydrogens (tertiary/aromatic N) is 2. The Morgan fingerprint density at radius 3 is 2.64 bits per heavy atom. The van der Waals surface area contributed by atoms with Gasteiger partial charge < -0.3 is 0 Å². The minimum absolute atomic E-state index is 0.0575. The van der Waals surface area contributed by atoms with Crippen molar-refractivity contribution in [2.75, 3.05) is 13.1 Å². The van der Waals surface area contributed by atoms with Crippen LogP contribution in [0, 0.1) is 5.82 Å². The van der Waals surface area contributed by atoms with Gasteiger partial charge in [0.25, 0.3) is 5.91 Å². The molecule has 0 spiro atoms. The maximum atomic E-state index is 13.7. The number of amidine groups is 1. The molecule has 0 saturated carbocycles. The first kappa shape index (κ1) is 14.8. The Morgan fingerprint density at radius 1 is 1.14 bits per heavy atom. The molecule has 0 aliphatic carbocycles. The van der Waals surface area contributed by atoms with Crippen LogP contribution in [0.15, 0.2) is 59.6 Å². The third kappa shape index (κ3) is 3.20. The summed E-state index contributed by atoms with van der Waals surface area (Å²) in [6.45, 7) is 1.17. The molecule has 0 atom stereocenters. The van der Waals surface area contributed by atoms with Gasteiger partial charge in [-0.05, 0) is 23.8 Å². The molecule has 112 valence electrons. The molecule has 3 rings (SSSR count). The monoisotopic (exact) mass is 314 g/mol. The van der Waals surface area contributed by atoms with E-state index in [4.69, 9.17) is 0 Å². The van der Waals surface area contributed by atoms with Crippen LogP contribution in [0.5, 0.6) is 0 Å². The van der Waals surface area contributed by atoms with Gasteiger partial charge in [0.15, 0.2) is 5.17 Å². The van der Waals surface area contributed by atoms with Crippen LogP contribution in [0.4, 0.5) is 4.39 Å². The summed E-state index contributed by atoms with van der Waals surface area (Å²) < 4.78 is 13.7. The molecular weight excluding hydrogens is 299 g/mol. The predicted octanol–water partition coefficient (Wildman–Crippen LogP) is 3.57. The fourth-order valence-corrected chi connectivity index (χ4v) is 3.26. The molecule has 0 unspecified atom stereocenters. The Morgan fingerprint density at radius 2 is 1.86 bits per heavy atom. The Labute approximate surface area is 132 Å². The molecule has 1 heterocycles. The van der Waals surface area contributed by atoms with Crippen molar-refractivity contribution in [2.24, 2.45) is 4.99 Å². The van der Waals surface area contributed by atoms with Crippen LogP contribution in [0.25, 0.3) is 0 Å². The summed E-state index contributed by atoms with van der Waals surface area (Å²) in [5.74, 6) is 0.178. The van der Waals surface area contributed by atoms with Gasteiger partial charge in [0, 0.05) is 17.9 Å². The van der Waals surface area contributed by atoms with Gasteiger partial charge in [-0.15, -0.1) is 0 Å². The van der Waals surface area contributed by atoms with E-state index in [9.17, 15) is 9.18 Å². The molecule has 2 aromatic carbocycles. The zero-order valence-electron chi connectivity index (χ0n) is 11.9. The summed E-state index contributed by atoms with van der Waals surface area (Å²) in [5.41, 5.74) is 1.26. The van der Waals surface area contributed by atoms with Crippen molar-refractivity contribution in [1.29, 1.82) is 0 Å². The van der Waals surface area contributed by atoms with E-state index in [0.717, 1.165) is 0 Å². The van der Waals surface area contributed by atoms with Crippen LogP contribution in [0.1, 0.15) is 15.9 Å². The highest BCUT2D eigenvalue weighted by Gasteiger charge is 2.25. The first-order valence-electron chi connectivity index (χ1n) is 7.03. The minimum atomic E-state index is -0.227. The van der Waals surface area contributed by atoms with Crippen LogP contribution in [0.2, 0.25) is 0 Å². The van der Waals surface area contributed by atoms with Crippen molar-refractivity contribution < 1.29 is 9.18 Å². The summed E-state index contributed by atoms with van der Waals surface area (Å²) in [5, 5.41) is 0.664. The first-order chi connectivity index (χ1) is 10.8. The van der Waals surface area contributed by atoms with Gasteiger partial charge >= 0.3 is 0 Å². The fraction of sp³-hybridized carbons (Fsp3) is 0.176. The van der Waals surface area contributed by atoms with Gasteiger partial charge in [-0.2, -0.15) is 0 Å². The van der Waals surface area contributed by atoms with Crippen LogP contribution in [-0.4, -0.2) is 29.1 Å². The molecule has 0 saturated heterocycles. The van der Waals surface area contributed by atoms with Gasteiger partial charge in [-0.1, -0.05) is 48.2 Å². The van der Waals surface area contributed by atoms with Crippen molar-refractivity contribution >= 4 is 22.8 Å². The number of benzene rings is 2. The summed E-state index contributed by atoms with van der Waals surface area (Å²) >= 11 is 1.40. The van der Waals surface area contributed by atoms with Gasteiger partial charge in [-0.25, -0.2) is 4.39 Å². The van der Waals surface area contributed by atoms with E-state index in [0.29, 0.717) is 35.1 Å². The van der Waals surface area contributed by atoms with Crippen LogP contribution in [0.3, 0.4) is 0 Å². The van der Waals surface area contributed by atoms with Crippen molar-refractivity contribution in [2.45, 2.75) is 5.75 Å². The summed E-state index contributed by atoms with van der Waals surface area (Å²) in [7, 11) is 0. The largest absolute Gasteiger partial charge is 0.286 e. The SMILES string of the molecule is O=C(c1ccccc1)N1CCN=C1SCc1ccccc1F. The third-order valence-electron chi connectivity index (χ3n) is 3.38. The molecule has 1 aliphatic heterocycles. The highest BCUT2D eigenvalue weighted by Crippen LogP contribution is 2.22. The van der Waals surface area contributed by atoms with E-state index in [1.54, 1.807) is 29.2 Å². The number of hydrogen-bond donors (Lipinski definition) is 0. The van der Waals surface area contributed by atoms with Crippen LogP contribution >= 0.6 is 11.8 Å². The number of thioether (sulfide) groups is 1. The lowest BCUT2D eigenvalue weighted by atomic mass is 10.2. The van der Waals surface area contributed by atoms with E-state index < -0.39 is 0 Å². The van der Waals surface area contributed by atoms with E-state index in [2.05, 4.69) is 4.99 Å². The standard InChI is InChI=1S/C17H15FN2OS/c18-15-9-5-4-8-14(15)12-22-17-19-10-11-20(17)16(21)13-6-2-1-3-7-13/h1-9H,10-12H2. The molecule has 0 aromatic heterocycles. The Bertz CT molecular complexity index is 703. The number of carbonyl (C=O) groups is 1. The van der Waals surface area contributed by atoms with Crippen molar-refractivity contribution in [1.82, 2.24) is 4.90 Å². The van der Waals surface area contributed by atoms with Crippen molar-refractivity contribution in [3.63, 3.8) is 0 Å². The van der Waals surface area contributed by atoms with Gasteiger partial charge in [-0.3, -0.25) is 14.7 Å². The average molecular weight is 314 g/mol.